The number of hydrogen-bond donors (Lipinski definition) is 5. The van der Waals surface area contributed by atoms with Crippen LogP contribution < -0.4 is 20.1 Å². The number of phenolic OH excluding ortho intramolecular Hbond substituents is 3. The highest BCUT2D eigenvalue weighted by molar-refractivity contribution is 5.50. The summed E-state index contributed by atoms with van der Waals surface area (Å²) >= 11 is 0. The van der Waals surface area contributed by atoms with Crippen molar-refractivity contribution in [3.05, 3.63) is 106 Å². The average Bonchev–Trinajstić information content (AvgIpc) is 3.00. The van der Waals surface area contributed by atoms with E-state index in [1.54, 1.807) is 13.2 Å². The number of fused-ring (bicyclic) bond motifs is 2. The van der Waals surface area contributed by atoms with Crippen LogP contribution in [0.3, 0.4) is 0 Å². The summed E-state index contributed by atoms with van der Waals surface area (Å²) in [6.07, 6.45) is 4.13. The summed E-state index contributed by atoms with van der Waals surface area (Å²) in [6, 6.07) is 21.4. The minimum absolute atomic E-state index is 0.0729. The van der Waals surface area contributed by atoms with Crippen LogP contribution in [0.25, 0.3) is 0 Å². The first-order valence-corrected chi connectivity index (χ1v) is 14.7. The molecule has 218 valence electrons. The predicted molar refractivity (Wildman–Crippen MR) is 163 cm³/mol. The molecule has 4 aromatic carbocycles. The van der Waals surface area contributed by atoms with Gasteiger partial charge < -0.3 is 35.4 Å². The number of hydrogen-bond acceptors (Lipinski definition) is 7. The van der Waals surface area contributed by atoms with Gasteiger partial charge in [0.05, 0.1) is 7.11 Å². The van der Waals surface area contributed by atoms with Gasteiger partial charge in [-0.3, -0.25) is 0 Å². The van der Waals surface area contributed by atoms with Crippen molar-refractivity contribution in [2.24, 2.45) is 0 Å². The summed E-state index contributed by atoms with van der Waals surface area (Å²) in [4.78, 5) is 0. The van der Waals surface area contributed by atoms with Gasteiger partial charge in [-0.1, -0.05) is 31.2 Å². The lowest BCUT2D eigenvalue weighted by Crippen LogP contribution is -2.31. The summed E-state index contributed by atoms with van der Waals surface area (Å²) in [6.45, 7) is 3.81. The van der Waals surface area contributed by atoms with Crippen molar-refractivity contribution >= 4 is 0 Å². The van der Waals surface area contributed by atoms with Crippen molar-refractivity contribution in [2.75, 3.05) is 20.2 Å². The molecule has 7 heteroatoms. The highest BCUT2D eigenvalue weighted by atomic mass is 16.5. The Kier molecular flexibility index (Phi) is 7.96. The van der Waals surface area contributed by atoms with Gasteiger partial charge in [-0.05, 0) is 127 Å². The first-order valence-electron chi connectivity index (χ1n) is 14.7. The molecule has 0 radical (unpaired) electrons. The third-order valence-electron chi connectivity index (χ3n) is 8.54. The van der Waals surface area contributed by atoms with E-state index in [4.69, 9.17) is 9.47 Å². The van der Waals surface area contributed by atoms with Gasteiger partial charge in [0.2, 0.25) is 0 Å². The quantitative estimate of drug-likeness (QED) is 0.178. The molecule has 5 N–H and O–H groups in total. The number of aromatic hydroxyl groups is 3. The molecule has 0 fully saturated rings. The minimum atomic E-state index is 0.0729. The molecule has 7 nitrogen and oxygen atoms in total. The van der Waals surface area contributed by atoms with Crippen LogP contribution in [0.2, 0.25) is 0 Å². The number of nitrogens with one attached hydrogen (secondary N) is 2. The molecule has 0 aromatic heterocycles. The van der Waals surface area contributed by atoms with Crippen LogP contribution in [-0.2, 0) is 32.1 Å². The van der Waals surface area contributed by atoms with Crippen LogP contribution in [0.1, 0.15) is 58.0 Å². The van der Waals surface area contributed by atoms with E-state index in [0.717, 1.165) is 66.6 Å². The molecule has 0 spiro atoms. The first kappa shape index (κ1) is 27.9. The molecular formula is C35H38N2O5. The number of ether oxygens (including phenoxy) is 2. The monoisotopic (exact) mass is 566 g/mol. The summed E-state index contributed by atoms with van der Waals surface area (Å²) < 4.78 is 11.4. The van der Waals surface area contributed by atoms with E-state index in [1.165, 1.54) is 11.1 Å². The average molecular weight is 567 g/mol. The van der Waals surface area contributed by atoms with E-state index in [-0.39, 0.29) is 23.6 Å². The molecule has 42 heavy (non-hydrogen) atoms. The van der Waals surface area contributed by atoms with Crippen LogP contribution in [0, 0.1) is 0 Å². The highest BCUT2D eigenvalue weighted by Gasteiger charge is 2.24. The Labute approximate surface area is 246 Å². The van der Waals surface area contributed by atoms with Crippen molar-refractivity contribution in [2.45, 2.75) is 51.1 Å². The van der Waals surface area contributed by atoms with Crippen LogP contribution >= 0.6 is 0 Å². The van der Waals surface area contributed by atoms with Crippen LogP contribution in [-0.4, -0.2) is 35.5 Å². The number of methoxy groups -OCH3 is 1. The van der Waals surface area contributed by atoms with Gasteiger partial charge in [-0.25, -0.2) is 0 Å². The van der Waals surface area contributed by atoms with Gasteiger partial charge in [0.1, 0.15) is 11.5 Å². The molecule has 2 aliphatic rings. The summed E-state index contributed by atoms with van der Waals surface area (Å²) in [5, 5.41) is 38.5. The molecule has 2 heterocycles. The second-order valence-electron chi connectivity index (χ2n) is 11.2. The summed E-state index contributed by atoms with van der Waals surface area (Å²) in [5.41, 5.74) is 7.86. The zero-order valence-electron chi connectivity index (χ0n) is 24.1. The van der Waals surface area contributed by atoms with E-state index in [2.05, 4.69) is 23.6 Å². The number of rotatable bonds is 8. The highest BCUT2D eigenvalue weighted by Crippen LogP contribution is 2.37. The van der Waals surface area contributed by atoms with E-state index in [9.17, 15) is 15.3 Å². The molecule has 0 bridgehead atoms. The predicted octanol–water partition coefficient (Wildman–Crippen LogP) is 6.03. The zero-order valence-corrected chi connectivity index (χ0v) is 24.1. The van der Waals surface area contributed by atoms with Crippen LogP contribution in [0.15, 0.2) is 66.7 Å². The Bertz CT molecular complexity index is 1580. The lowest BCUT2D eigenvalue weighted by atomic mass is 9.88. The fourth-order valence-corrected chi connectivity index (χ4v) is 6.26. The van der Waals surface area contributed by atoms with Gasteiger partial charge in [-0.15, -0.1) is 0 Å². The second-order valence-corrected chi connectivity index (χ2v) is 11.2. The molecule has 2 aliphatic heterocycles. The van der Waals surface area contributed by atoms with Crippen molar-refractivity contribution in [3.8, 4) is 34.5 Å². The third kappa shape index (κ3) is 5.75. The standard InChI is InChI=1S/C35H38N2O5/c1-3-23-17-24-10-12-37-30(27(24)19-32(23)39)15-22-6-9-31(38)35(16-22)42-26-7-4-21(5-8-26)14-29-28-20-33(40)34(41-2)18-25(28)11-13-36-29/h4-9,16-20,29-30,36-40H,3,10-15H2,1-2H3. The third-order valence-corrected chi connectivity index (χ3v) is 8.54. The van der Waals surface area contributed by atoms with Crippen molar-refractivity contribution in [1.29, 1.82) is 0 Å². The zero-order chi connectivity index (χ0) is 29.2. The molecule has 0 saturated heterocycles. The number of benzene rings is 4. The van der Waals surface area contributed by atoms with Crippen molar-refractivity contribution in [1.82, 2.24) is 10.6 Å². The van der Waals surface area contributed by atoms with Gasteiger partial charge in [0, 0.05) is 12.1 Å². The Hall–Kier alpha value is -4.20. The molecule has 2 unspecified atom stereocenters. The first-order chi connectivity index (χ1) is 20.4. The van der Waals surface area contributed by atoms with Gasteiger partial charge in [-0.2, -0.15) is 0 Å². The van der Waals surface area contributed by atoms with E-state index in [0.29, 0.717) is 29.4 Å². The van der Waals surface area contributed by atoms with Gasteiger partial charge >= 0.3 is 0 Å². The largest absolute Gasteiger partial charge is 0.508 e. The fourth-order valence-electron chi connectivity index (χ4n) is 6.26. The molecular weight excluding hydrogens is 528 g/mol. The minimum Gasteiger partial charge on any atom is -0.508 e. The normalized spacial score (nSPS) is 17.8. The molecule has 0 amide bonds. The Morgan fingerprint density at radius 1 is 0.690 bits per heavy atom. The summed E-state index contributed by atoms with van der Waals surface area (Å²) in [7, 11) is 1.57. The van der Waals surface area contributed by atoms with Crippen LogP contribution in [0.4, 0.5) is 0 Å². The topological polar surface area (TPSA) is 103 Å². The second kappa shape index (κ2) is 12.0. The van der Waals surface area contributed by atoms with Crippen molar-refractivity contribution < 1.29 is 24.8 Å². The van der Waals surface area contributed by atoms with Crippen LogP contribution in [0.5, 0.6) is 34.5 Å². The maximum Gasteiger partial charge on any atom is 0.169 e. The Morgan fingerprint density at radius 2 is 1.31 bits per heavy atom. The number of phenols is 3. The van der Waals surface area contributed by atoms with Crippen molar-refractivity contribution in [3.63, 3.8) is 0 Å². The SMILES string of the molecule is CCc1cc2c(cc1O)C(Cc1ccc(O)c(Oc3ccc(CC4NCCc5cc(OC)c(O)cc54)cc3)c1)NCC2. The lowest BCUT2D eigenvalue weighted by molar-refractivity contribution is 0.370. The smallest absolute Gasteiger partial charge is 0.169 e. The maximum atomic E-state index is 10.6. The summed E-state index contributed by atoms with van der Waals surface area (Å²) in [5.74, 6) is 2.15. The van der Waals surface area contributed by atoms with E-state index >= 15 is 0 Å². The molecule has 0 aliphatic carbocycles. The Balaban J connectivity index is 1.15. The van der Waals surface area contributed by atoms with Gasteiger partial charge in [0.25, 0.3) is 0 Å². The van der Waals surface area contributed by atoms with Gasteiger partial charge in [0.15, 0.2) is 23.0 Å². The molecule has 4 aromatic rings. The fraction of sp³-hybridized carbons (Fsp3) is 0.314. The van der Waals surface area contributed by atoms with E-state index < -0.39 is 0 Å². The molecule has 2 atom stereocenters. The maximum absolute atomic E-state index is 10.6. The lowest BCUT2D eigenvalue weighted by Gasteiger charge is -2.28. The molecule has 6 rings (SSSR count). The Morgan fingerprint density at radius 3 is 1.98 bits per heavy atom. The number of aryl methyl sites for hydroxylation is 1. The molecule has 0 saturated carbocycles. The van der Waals surface area contributed by atoms with E-state index in [1.807, 2.05) is 54.6 Å².